The van der Waals surface area contributed by atoms with Crippen LogP contribution in [-0.2, 0) is 4.79 Å². The first-order valence-corrected chi connectivity index (χ1v) is 8.18. The summed E-state index contributed by atoms with van der Waals surface area (Å²) in [6, 6.07) is 10.3. The van der Waals surface area contributed by atoms with E-state index in [0.29, 0.717) is 17.0 Å². The summed E-state index contributed by atoms with van der Waals surface area (Å²) in [4.78, 5) is 26.0. The molecule has 0 radical (unpaired) electrons. The molecule has 2 amide bonds. The van der Waals surface area contributed by atoms with Crippen LogP contribution in [0.25, 0.3) is 0 Å². The van der Waals surface area contributed by atoms with E-state index in [2.05, 4.69) is 5.32 Å². The zero-order valence-corrected chi connectivity index (χ0v) is 14.5. The van der Waals surface area contributed by atoms with Crippen LogP contribution in [-0.4, -0.2) is 23.8 Å². The summed E-state index contributed by atoms with van der Waals surface area (Å²) in [5.74, 6) is 0.219. The molecule has 0 saturated heterocycles. The molecule has 2 aromatic rings. The Hall–Kier alpha value is -3.15. The highest BCUT2D eigenvalue weighted by Crippen LogP contribution is 2.30. The Morgan fingerprint density at radius 2 is 1.96 bits per heavy atom. The number of hydrogen-bond acceptors (Lipinski definition) is 3. The number of ether oxygens (including phenoxy) is 1. The molecule has 0 spiro atoms. The number of benzene rings is 2. The molecule has 1 atom stereocenters. The molecule has 1 aliphatic heterocycles. The van der Waals surface area contributed by atoms with Crippen molar-refractivity contribution in [1.29, 1.82) is 0 Å². The smallest absolute Gasteiger partial charge is 0.326 e. The lowest BCUT2D eigenvalue weighted by molar-refractivity contribution is -0.116. The summed E-state index contributed by atoms with van der Waals surface area (Å²) in [6.07, 6.45) is 2.97. The van der Waals surface area contributed by atoms with Gasteiger partial charge in [0.25, 0.3) is 0 Å². The standard InChI is InChI=1S/C20H19FN2O3/c1-13-3-8-16(11-19(13)26-2)22-20(25)23-10-9-17(24)12-18(23)14-4-6-15(21)7-5-14/h3-11,18H,12H2,1-2H3,(H,22,25)/t18-/m0/s1. The average Bonchev–Trinajstić information content (AvgIpc) is 2.63. The van der Waals surface area contributed by atoms with Crippen molar-refractivity contribution in [3.63, 3.8) is 0 Å². The fraction of sp³-hybridized carbons (Fsp3) is 0.200. The first-order valence-electron chi connectivity index (χ1n) is 8.18. The van der Waals surface area contributed by atoms with Gasteiger partial charge in [0.2, 0.25) is 0 Å². The number of hydrogen-bond donors (Lipinski definition) is 1. The summed E-state index contributed by atoms with van der Waals surface area (Å²) in [6.45, 7) is 1.91. The SMILES string of the molecule is COc1cc(NC(=O)N2C=CC(=O)C[C@H]2c2ccc(F)cc2)ccc1C. The largest absolute Gasteiger partial charge is 0.496 e. The summed E-state index contributed by atoms with van der Waals surface area (Å²) in [5.41, 5.74) is 2.24. The van der Waals surface area contributed by atoms with E-state index in [9.17, 15) is 14.0 Å². The number of anilines is 1. The predicted octanol–water partition coefficient (Wildman–Crippen LogP) is 4.20. The number of rotatable bonds is 3. The van der Waals surface area contributed by atoms with Gasteiger partial charge in [-0.15, -0.1) is 0 Å². The van der Waals surface area contributed by atoms with Crippen molar-refractivity contribution in [3.05, 3.63) is 71.7 Å². The number of allylic oxidation sites excluding steroid dienone is 1. The molecule has 0 fully saturated rings. The summed E-state index contributed by atoms with van der Waals surface area (Å²) in [5, 5.41) is 2.81. The van der Waals surface area contributed by atoms with E-state index in [0.717, 1.165) is 5.56 Å². The van der Waals surface area contributed by atoms with Crippen LogP contribution in [0.15, 0.2) is 54.7 Å². The van der Waals surface area contributed by atoms with Crippen LogP contribution < -0.4 is 10.1 Å². The number of carbonyl (C=O) groups is 2. The van der Waals surface area contributed by atoms with Crippen LogP contribution in [0.2, 0.25) is 0 Å². The van der Waals surface area contributed by atoms with E-state index in [-0.39, 0.29) is 24.1 Å². The first-order chi connectivity index (χ1) is 12.5. The van der Waals surface area contributed by atoms with E-state index in [1.165, 1.54) is 29.3 Å². The van der Waals surface area contributed by atoms with E-state index in [1.807, 2.05) is 13.0 Å². The maximum absolute atomic E-state index is 13.2. The van der Waals surface area contributed by atoms with Gasteiger partial charge < -0.3 is 10.1 Å². The first kappa shape index (κ1) is 17.7. The molecule has 6 heteroatoms. The number of ketones is 1. The third kappa shape index (κ3) is 3.74. The predicted molar refractivity (Wildman–Crippen MR) is 96.5 cm³/mol. The minimum atomic E-state index is -0.486. The van der Waals surface area contributed by atoms with Crippen molar-refractivity contribution in [2.75, 3.05) is 12.4 Å². The number of nitrogens with zero attached hydrogens (tertiary/aromatic N) is 1. The number of nitrogens with one attached hydrogen (secondary N) is 1. The number of amides is 2. The van der Waals surface area contributed by atoms with Gasteiger partial charge in [0.1, 0.15) is 11.6 Å². The van der Waals surface area contributed by atoms with Gasteiger partial charge in [-0.3, -0.25) is 9.69 Å². The molecule has 1 N–H and O–H groups in total. The molecule has 3 rings (SSSR count). The average molecular weight is 354 g/mol. The molecule has 26 heavy (non-hydrogen) atoms. The molecule has 0 aliphatic carbocycles. The molecule has 5 nitrogen and oxygen atoms in total. The van der Waals surface area contributed by atoms with Gasteiger partial charge >= 0.3 is 6.03 Å². The lowest BCUT2D eigenvalue weighted by Gasteiger charge is -2.31. The van der Waals surface area contributed by atoms with Crippen LogP contribution in [0, 0.1) is 12.7 Å². The van der Waals surface area contributed by atoms with Crippen molar-refractivity contribution in [2.24, 2.45) is 0 Å². The van der Waals surface area contributed by atoms with E-state index >= 15 is 0 Å². The Kier molecular flexibility index (Phi) is 5.02. The molecular weight excluding hydrogens is 335 g/mol. The van der Waals surface area contributed by atoms with Gasteiger partial charge in [-0.25, -0.2) is 9.18 Å². The van der Waals surface area contributed by atoms with Crippen LogP contribution >= 0.6 is 0 Å². The molecule has 2 aromatic carbocycles. The Balaban J connectivity index is 1.84. The van der Waals surface area contributed by atoms with Crippen molar-refractivity contribution < 1.29 is 18.7 Å². The fourth-order valence-corrected chi connectivity index (χ4v) is 2.88. The van der Waals surface area contributed by atoms with Crippen molar-refractivity contribution in [3.8, 4) is 5.75 Å². The second-order valence-electron chi connectivity index (χ2n) is 6.08. The zero-order chi connectivity index (χ0) is 18.7. The highest BCUT2D eigenvalue weighted by atomic mass is 19.1. The Bertz CT molecular complexity index is 862. The van der Waals surface area contributed by atoms with Crippen LogP contribution in [0.1, 0.15) is 23.6 Å². The molecule has 0 aromatic heterocycles. The second kappa shape index (κ2) is 7.39. The quantitative estimate of drug-likeness (QED) is 0.898. The van der Waals surface area contributed by atoms with E-state index in [4.69, 9.17) is 4.74 Å². The Morgan fingerprint density at radius 3 is 2.65 bits per heavy atom. The fourth-order valence-electron chi connectivity index (χ4n) is 2.88. The number of methoxy groups -OCH3 is 1. The third-order valence-corrected chi connectivity index (χ3v) is 4.30. The molecule has 1 aliphatic rings. The second-order valence-corrected chi connectivity index (χ2v) is 6.08. The zero-order valence-electron chi connectivity index (χ0n) is 14.5. The van der Waals surface area contributed by atoms with Gasteiger partial charge in [0.05, 0.1) is 13.2 Å². The maximum Gasteiger partial charge on any atom is 0.326 e. The molecule has 134 valence electrons. The van der Waals surface area contributed by atoms with Gasteiger partial charge in [-0.05, 0) is 42.3 Å². The molecule has 0 unspecified atom stereocenters. The molecular formula is C20H19FN2O3. The van der Waals surface area contributed by atoms with Gasteiger partial charge in [-0.2, -0.15) is 0 Å². The van der Waals surface area contributed by atoms with Gasteiger partial charge in [0, 0.05) is 24.4 Å². The highest BCUT2D eigenvalue weighted by molar-refractivity contribution is 5.96. The lowest BCUT2D eigenvalue weighted by atomic mass is 9.97. The topological polar surface area (TPSA) is 58.6 Å². The van der Waals surface area contributed by atoms with Crippen LogP contribution in [0.3, 0.4) is 0 Å². The van der Waals surface area contributed by atoms with Crippen LogP contribution in [0.5, 0.6) is 5.75 Å². The molecule has 1 heterocycles. The van der Waals surface area contributed by atoms with Gasteiger partial charge in [-0.1, -0.05) is 18.2 Å². The van der Waals surface area contributed by atoms with Crippen LogP contribution in [0.4, 0.5) is 14.9 Å². The third-order valence-electron chi connectivity index (χ3n) is 4.30. The van der Waals surface area contributed by atoms with E-state index < -0.39 is 6.04 Å². The normalized spacial score (nSPS) is 16.5. The number of halogens is 1. The minimum absolute atomic E-state index is 0.0830. The Morgan fingerprint density at radius 1 is 1.23 bits per heavy atom. The van der Waals surface area contributed by atoms with E-state index in [1.54, 1.807) is 31.4 Å². The van der Waals surface area contributed by atoms with Crippen molar-refractivity contribution >= 4 is 17.5 Å². The van der Waals surface area contributed by atoms with Gasteiger partial charge in [0.15, 0.2) is 5.78 Å². The number of urea groups is 1. The Labute approximate surface area is 151 Å². The monoisotopic (exact) mass is 354 g/mol. The van der Waals surface area contributed by atoms with Crippen molar-refractivity contribution in [2.45, 2.75) is 19.4 Å². The maximum atomic E-state index is 13.2. The summed E-state index contributed by atoms with van der Waals surface area (Å²) >= 11 is 0. The molecule has 0 saturated carbocycles. The molecule has 0 bridgehead atoms. The summed E-state index contributed by atoms with van der Waals surface area (Å²) < 4.78 is 18.5. The van der Waals surface area contributed by atoms with Crippen molar-refractivity contribution in [1.82, 2.24) is 4.90 Å². The lowest BCUT2D eigenvalue weighted by Crippen LogP contribution is -2.37. The number of carbonyl (C=O) groups excluding carboxylic acids is 2. The number of aryl methyl sites for hydroxylation is 1. The minimum Gasteiger partial charge on any atom is -0.496 e. The highest BCUT2D eigenvalue weighted by Gasteiger charge is 2.28. The summed E-state index contributed by atoms with van der Waals surface area (Å²) in [7, 11) is 1.57.